The molecule has 2 aromatic heterocycles. The molecule has 0 aliphatic heterocycles. The van der Waals surface area contributed by atoms with Gasteiger partial charge >= 0.3 is 0 Å². The molecule has 0 N–H and O–H groups in total. The standard InChI is InChI=1S/C18H20N4O/c1-20(13-16-12-19-21(2)14-16)18(23)11-15-5-7-17(8-6-15)22-9-3-4-10-22/h3-10,12,14H,11,13H2,1-2H3. The molecule has 1 aromatic carbocycles. The lowest BCUT2D eigenvalue weighted by atomic mass is 10.1. The van der Waals surface area contributed by atoms with Gasteiger partial charge in [0.25, 0.3) is 0 Å². The smallest absolute Gasteiger partial charge is 0.227 e. The molecule has 5 nitrogen and oxygen atoms in total. The topological polar surface area (TPSA) is 43.1 Å². The predicted molar refractivity (Wildman–Crippen MR) is 89.2 cm³/mol. The van der Waals surface area contributed by atoms with E-state index in [1.807, 2.05) is 73.7 Å². The summed E-state index contributed by atoms with van der Waals surface area (Å²) in [7, 11) is 3.70. The van der Waals surface area contributed by atoms with E-state index in [0.29, 0.717) is 13.0 Å². The molecule has 0 aliphatic carbocycles. The molecular formula is C18H20N4O. The van der Waals surface area contributed by atoms with Crippen molar-refractivity contribution in [2.24, 2.45) is 7.05 Å². The second-order valence-electron chi connectivity index (χ2n) is 5.71. The average molecular weight is 308 g/mol. The lowest BCUT2D eigenvalue weighted by molar-refractivity contribution is -0.129. The van der Waals surface area contributed by atoms with Crippen molar-refractivity contribution in [3.8, 4) is 5.69 Å². The van der Waals surface area contributed by atoms with Crippen LogP contribution in [0.2, 0.25) is 0 Å². The van der Waals surface area contributed by atoms with Gasteiger partial charge in [-0.2, -0.15) is 5.10 Å². The van der Waals surface area contributed by atoms with Gasteiger partial charge in [-0.1, -0.05) is 12.1 Å². The van der Waals surface area contributed by atoms with Crippen LogP contribution in [0.15, 0.2) is 61.2 Å². The Hall–Kier alpha value is -2.82. The lowest BCUT2D eigenvalue weighted by Crippen LogP contribution is -2.27. The molecule has 0 saturated carbocycles. The van der Waals surface area contributed by atoms with Crippen LogP contribution in [0.25, 0.3) is 5.69 Å². The fourth-order valence-corrected chi connectivity index (χ4v) is 2.52. The Morgan fingerprint density at radius 3 is 2.43 bits per heavy atom. The minimum absolute atomic E-state index is 0.0996. The number of hydrogen-bond donors (Lipinski definition) is 0. The van der Waals surface area contributed by atoms with Gasteiger partial charge in [0.1, 0.15) is 0 Å². The van der Waals surface area contributed by atoms with Gasteiger partial charge in [-0.3, -0.25) is 9.48 Å². The molecule has 0 fully saturated rings. The summed E-state index contributed by atoms with van der Waals surface area (Å²) in [6.07, 6.45) is 8.12. The summed E-state index contributed by atoms with van der Waals surface area (Å²) in [5, 5.41) is 4.12. The zero-order valence-corrected chi connectivity index (χ0v) is 13.4. The zero-order valence-electron chi connectivity index (χ0n) is 13.4. The minimum atomic E-state index is 0.0996. The van der Waals surface area contributed by atoms with Crippen LogP contribution in [-0.4, -0.2) is 32.2 Å². The summed E-state index contributed by atoms with van der Waals surface area (Å²) in [6.45, 7) is 0.578. The Kier molecular flexibility index (Phi) is 4.28. The van der Waals surface area contributed by atoms with Gasteiger partial charge in [0.05, 0.1) is 12.6 Å². The number of carbonyl (C=O) groups excluding carboxylic acids is 1. The molecule has 1 amide bonds. The molecule has 0 radical (unpaired) electrons. The molecule has 3 rings (SSSR count). The summed E-state index contributed by atoms with van der Waals surface area (Å²) in [5.41, 5.74) is 3.14. The van der Waals surface area contributed by atoms with Gasteiger partial charge in [0.15, 0.2) is 0 Å². The molecule has 0 unspecified atom stereocenters. The summed E-state index contributed by atoms with van der Waals surface area (Å²) >= 11 is 0. The summed E-state index contributed by atoms with van der Waals surface area (Å²) in [5.74, 6) is 0.0996. The normalized spacial score (nSPS) is 10.7. The Morgan fingerprint density at radius 2 is 1.83 bits per heavy atom. The summed E-state index contributed by atoms with van der Waals surface area (Å²) in [6, 6.07) is 12.1. The van der Waals surface area contributed by atoms with Crippen molar-refractivity contribution < 1.29 is 4.79 Å². The van der Waals surface area contributed by atoms with Crippen molar-refractivity contribution in [1.29, 1.82) is 0 Å². The molecule has 118 valence electrons. The van der Waals surface area contributed by atoms with Crippen LogP contribution in [0.4, 0.5) is 0 Å². The number of amides is 1. The highest BCUT2D eigenvalue weighted by Crippen LogP contribution is 2.12. The monoisotopic (exact) mass is 308 g/mol. The summed E-state index contributed by atoms with van der Waals surface area (Å²) < 4.78 is 3.79. The average Bonchev–Trinajstić information content (AvgIpc) is 3.20. The molecular weight excluding hydrogens is 288 g/mol. The number of likely N-dealkylation sites (N-methyl/N-ethyl adjacent to an activating group) is 1. The van der Waals surface area contributed by atoms with Crippen LogP contribution in [-0.2, 0) is 24.8 Å². The quantitative estimate of drug-likeness (QED) is 0.726. The van der Waals surface area contributed by atoms with Crippen molar-refractivity contribution in [1.82, 2.24) is 19.2 Å². The van der Waals surface area contributed by atoms with Crippen LogP contribution in [0, 0.1) is 0 Å². The van der Waals surface area contributed by atoms with Gasteiger partial charge in [-0.15, -0.1) is 0 Å². The summed E-state index contributed by atoms with van der Waals surface area (Å²) in [4.78, 5) is 14.1. The maximum Gasteiger partial charge on any atom is 0.227 e. The van der Waals surface area contributed by atoms with E-state index in [-0.39, 0.29) is 5.91 Å². The fourth-order valence-electron chi connectivity index (χ4n) is 2.52. The number of aromatic nitrogens is 3. The molecule has 5 heteroatoms. The number of nitrogens with zero attached hydrogens (tertiary/aromatic N) is 4. The Balaban J connectivity index is 1.61. The van der Waals surface area contributed by atoms with Crippen molar-refractivity contribution in [3.05, 3.63) is 72.3 Å². The number of aryl methyl sites for hydroxylation is 1. The van der Waals surface area contributed by atoms with Crippen LogP contribution < -0.4 is 0 Å². The number of carbonyl (C=O) groups is 1. The van der Waals surface area contributed by atoms with Crippen LogP contribution >= 0.6 is 0 Å². The van der Waals surface area contributed by atoms with Crippen LogP contribution in [0.3, 0.4) is 0 Å². The van der Waals surface area contributed by atoms with E-state index in [2.05, 4.69) is 5.10 Å². The first kappa shape index (κ1) is 15.1. The second-order valence-corrected chi connectivity index (χ2v) is 5.71. The SMILES string of the molecule is CN(Cc1cnn(C)c1)C(=O)Cc1ccc(-n2cccc2)cc1. The predicted octanol–water partition coefficient (Wildman–Crippen LogP) is 2.41. The molecule has 23 heavy (non-hydrogen) atoms. The maximum absolute atomic E-state index is 12.3. The third kappa shape index (κ3) is 3.69. The Bertz CT molecular complexity index is 772. The highest BCUT2D eigenvalue weighted by atomic mass is 16.2. The Labute approximate surface area is 135 Å². The molecule has 2 heterocycles. The molecule has 0 aliphatic rings. The van der Waals surface area contributed by atoms with E-state index in [1.165, 1.54) is 0 Å². The van der Waals surface area contributed by atoms with Crippen LogP contribution in [0.5, 0.6) is 0 Å². The number of hydrogen-bond acceptors (Lipinski definition) is 2. The van der Waals surface area contributed by atoms with E-state index >= 15 is 0 Å². The van der Waals surface area contributed by atoms with Crippen LogP contribution in [0.1, 0.15) is 11.1 Å². The lowest BCUT2D eigenvalue weighted by Gasteiger charge is -2.16. The van der Waals surface area contributed by atoms with E-state index in [9.17, 15) is 4.79 Å². The number of rotatable bonds is 5. The van der Waals surface area contributed by atoms with Crippen molar-refractivity contribution in [3.63, 3.8) is 0 Å². The highest BCUT2D eigenvalue weighted by Gasteiger charge is 2.11. The molecule has 0 saturated heterocycles. The van der Waals surface area contributed by atoms with Gasteiger partial charge in [0.2, 0.25) is 5.91 Å². The van der Waals surface area contributed by atoms with Crippen molar-refractivity contribution in [2.45, 2.75) is 13.0 Å². The Morgan fingerprint density at radius 1 is 1.13 bits per heavy atom. The second kappa shape index (κ2) is 6.52. The largest absolute Gasteiger partial charge is 0.341 e. The number of benzene rings is 1. The van der Waals surface area contributed by atoms with Gasteiger partial charge < -0.3 is 9.47 Å². The molecule has 0 bridgehead atoms. The highest BCUT2D eigenvalue weighted by molar-refractivity contribution is 5.78. The first-order valence-corrected chi connectivity index (χ1v) is 7.55. The van der Waals surface area contributed by atoms with Gasteiger partial charge in [-0.25, -0.2) is 0 Å². The van der Waals surface area contributed by atoms with Gasteiger partial charge in [-0.05, 0) is 29.8 Å². The first-order chi connectivity index (χ1) is 11.1. The van der Waals surface area contributed by atoms with E-state index in [0.717, 1.165) is 16.8 Å². The minimum Gasteiger partial charge on any atom is -0.341 e. The molecule has 3 aromatic rings. The zero-order chi connectivity index (χ0) is 16.2. The van der Waals surface area contributed by atoms with Crippen molar-refractivity contribution in [2.75, 3.05) is 7.05 Å². The van der Waals surface area contributed by atoms with E-state index in [1.54, 1.807) is 15.8 Å². The molecule has 0 spiro atoms. The maximum atomic E-state index is 12.3. The first-order valence-electron chi connectivity index (χ1n) is 7.55. The fraction of sp³-hybridized carbons (Fsp3) is 0.222. The van der Waals surface area contributed by atoms with E-state index in [4.69, 9.17) is 0 Å². The third-order valence-corrected chi connectivity index (χ3v) is 3.80. The molecule has 0 atom stereocenters. The van der Waals surface area contributed by atoms with Crippen molar-refractivity contribution >= 4 is 5.91 Å². The van der Waals surface area contributed by atoms with E-state index < -0.39 is 0 Å². The van der Waals surface area contributed by atoms with Gasteiger partial charge in [0, 0.05) is 50.5 Å². The third-order valence-electron chi connectivity index (χ3n) is 3.80.